The SMILES string of the molecule is CC(=O)c1c(C)[nH]c(C(=O)N(C)C(C)c2ccncc2)c1C. The van der Waals surface area contributed by atoms with E-state index in [1.807, 2.05) is 26.0 Å². The first kappa shape index (κ1) is 15.9. The van der Waals surface area contributed by atoms with Gasteiger partial charge < -0.3 is 9.88 Å². The number of nitrogens with zero attached hydrogens (tertiary/aromatic N) is 2. The molecule has 0 fully saturated rings. The summed E-state index contributed by atoms with van der Waals surface area (Å²) in [6.45, 7) is 7.09. The molecule has 1 unspecified atom stereocenters. The summed E-state index contributed by atoms with van der Waals surface area (Å²) >= 11 is 0. The number of rotatable bonds is 4. The zero-order valence-electron chi connectivity index (χ0n) is 13.6. The number of nitrogens with one attached hydrogen (secondary N) is 1. The third kappa shape index (κ3) is 2.79. The standard InChI is InChI=1S/C17H21N3O2/c1-10-15(13(4)21)11(2)19-16(10)17(22)20(5)12(3)14-6-8-18-9-7-14/h6-9,12,19H,1-5H3. The van der Waals surface area contributed by atoms with Gasteiger partial charge in [-0.15, -0.1) is 0 Å². The molecular formula is C17H21N3O2. The van der Waals surface area contributed by atoms with Gasteiger partial charge in [-0.25, -0.2) is 0 Å². The van der Waals surface area contributed by atoms with Gasteiger partial charge in [-0.05, 0) is 51.0 Å². The van der Waals surface area contributed by atoms with E-state index in [4.69, 9.17) is 0 Å². The summed E-state index contributed by atoms with van der Waals surface area (Å²) in [5.74, 6) is -0.160. The number of H-pyrrole nitrogens is 1. The summed E-state index contributed by atoms with van der Waals surface area (Å²) in [6, 6.07) is 3.70. The smallest absolute Gasteiger partial charge is 0.270 e. The van der Waals surface area contributed by atoms with Gasteiger partial charge >= 0.3 is 0 Å². The minimum absolute atomic E-state index is 0.0323. The molecule has 2 heterocycles. The van der Waals surface area contributed by atoms with Crippen molar-refractivity contribution in [1.82, 2.24) is 14.9 Å². The largest absolute Gasteiger partial charge is 0.354 e. The first-order chi connectivity index (χ1) is 10.3. The predicted molar refractivity (Wildman–Crippen MR) is 85.0 cm³/mol. The zero-order valence-corrected chi connectivity index (χ0v) is 13.6. The molecule has 2 rings (SSSR count). The number of amides is 1. The molecule has 0 bridgehead atoms. The van der Waals surface area contributed by atoms with Crippen LogP contribution in [0.1, 0.15) is 57.6 Å². The Hall–Kier alpha value is -2.43. The van der Waals surface area contributed by atoms with Gasteiger partial charge in [0.2, 0.25) is 0 Å². The highest BCUT2D eigenvalue weighted by Crippen LogP contribution is 2.24. The molecule has 0 saturated heterocycles. The third-order valence-corrected chi connectivity index (χ3v) is 4.09. The van der Waals surface area contributed by atoms with Gasteiger partial charge in [0.05, 0.1) is 6.04 Å². The fourth-order valence-corrected chi connectivity index (χ4v) is 2.71. The lowest BCUT2D eigenvalue weighted by Gasteiger charge is -2.25. The van der Waals surface area contributed by atoms with Gasteiger partial charge in [0.15, 0.2) is 5.78 Å². The normalized spacial score (nSPS) is 12.0. The van der Waals surface area contributed by atoms with E-state index in [1.54, 1.807) is 31.3 Å². The number of hydrogen-bond acceptors (Lipinski definition) is 3. The summed E-state index contributed by atoms with van der Waals surface area (Å²) in [5.41, 5.74) is 3.54. The van der Waals surface area contributed by atoms with Crippen molar-refractivity contribution < 1.29 is 9.59 Å². The molecule has 0 radical (unpaired) electrons. The second-order valence-corrected chi connectivity index (χ2v) is 5.55. The van der Waals surface area contributed by atoms with Crippen molar-refractivity contribution in [3.8, 4) is 0 Å². The maximum absolute atomic E-state index is 12.7. The van der Waals surface area contributed by atoms with Crippen LogP contribution < -0.4 is 0 Å². The molecule has 2 aromatic rings. The Morgan fingerprint density at radius 2 is 1.82 bits per heavy atom. The van der Waals surface area contributed by atoms with Gasteiger partial charge in [0.25, 0.3) is 5.91 Å². The summed E-state index contributed by atoms with van der Waals surface area (Å²) in [4.78, 5) is 33.1. The second-order valence-electron chi connectivity index (χ2n) is 5.55. The highest BCUT2D eigenvalue weighted by Gasteiger charge is 2.25. The molecule has 1 N–H and O–H groups in total. The molecule has 5 nitrogen and oxygen atoms in total. The first-order valence-electron chi connectivity index (χ1n) is 7.21. The van der Waals surface area contributed by atoms with E-state index in [-0.39, 0.29) is 17.7 Å². The number of hydrogen-bond donors (Lipinski definition) is 1. The maximum atomic E-state index is 12.7. The minimum atomic E-state index is -0.127. The van der Waals surface area contributed by atoms with Crippen LogP contribution in [0.3, 0.4) is 0 Å². The van der Waals surface area contributed by atoms with Gasteiger partial charge in [0, 0.05) is 30.7 Å². The molecule has 1 atom stereocenters. The van der Waals surface area contributed by atoms with Crippen molar-refractivity contribution in [2.45, 2.75) is 33.7 Å². The Morgan fingerprint density at radius 1 is 1.23 bits per heavy atom. The maximum Gasteiger partial charge on any atom is 0.270 e. The van der Waals surface area contributed by atoms with Crippen LogP contribution in [0.15, 0.2) is 24.5 Å². The average molecular weight is 299 g/mol. The number of aromatic nitrogens is 2. The summed E-state index contributed by atoms with van der Waals surface area (Å²) < 4.78 is 0. The van der Waals surface area contributed by atoms with Crippen LogP contribution in [0.4, 0.5) is 0 Å². The van der Waals surface area contributed by atoms with Crippen molar-refractivity contribution in [3.05, 3.63) is 52.6 Å². The lowest BCUT2D eigenvalue weighted by Crippen LogP contribution is -2.30. The lowest BCUT2D eigenvalue weighted by atomic mass is 10.1. The van der Waals surface area contributed by atoms with E-state index in [2.05, 4.69) is 9.97 Å². The van der Waals surface area contributed by atoms with Gasteiger partial charge in [-0.3, -0.25) is 14.6 Å². The Kier molecular flexibility index (Phi) is 4.45. The van der Waals surface area contributed by atoms with Crippen molar-refractivity contribution in [3.63, 3.8) is 0 Å². The van der Waals surface area contributed by atoms with Crippen LogP contribution in [-0.4, -0.2) is 33.6 Å². The highest BCUT2D eigenvalue weighted by molar-refractivity contribution is 6.02. The van der Waals surface area contributed by atoms with E-state index in [1.165, 1.54) is 6.92 Å². The molecule has 5 heteroatoms. The Bertz CT molecular complexity index is 704. The molecule has 22 heavy (non-hydrogen) atoms. The monoisotopic (exact) mass is 299 g/mol. The van der Waals surface area contributed by atoms with E-state index >= 15 is 0 Å². The molecule has 0 saturated carbocycles. The molecule has 0 aromatic carbocycles. The third-order valence-electron chi connectivity index (χ3n) is 4.09. The molecule has 2 aromatic heterocycles. The van der Waals surface area contributed by atoms with Crippen LogP contribution >= 0.6 is 0 Å². The molecule has 0 aliphatic rings. The number of aryl methyl sites for hydroxylation is 1. The number of Topliss-reactive ketones (excluding diaryl/α,β-unsaturated/α-hetero) is 1. The van der Waals surface area contributed by atoms with Crippen molar-refractivity contribution >= 4 is 11.7 Å². The number of ketones is 1. The van der Waals surface area contributed by atoms with Crippen LogP contribution in [0.25, 0.3) is 0 Å². The van der Waals surface area contributed by atoms with Gasteiger partial charge in [-0.2, -0.15) is 0 Å². The molecule has 1 amide bonds. The molecule has 0 spiro atoms. The molecule has 116 valence electrons. The Morgan fingerprint density at radius 3 is 2.32 bits per heavy atom. The van der Waals surface area contributed by atoms with Crippen LogP contribution in [0, 0.1) is 13.8 Å². The van der Waals surface area contributed by atoms with E-state index in [0.717, 1.165) is 11.3 Å². The van der Waals surface area contributed by atoms with Crippen molar-refractivity contribution in [2.75, 3.05) is 7.05 Å². The van der Waals surface area contributed by atoms with E-state index in [0.29, 0.717) is 16.8 Å². The predicted octanol–water partition coefficient (Wildman–Crippen LogP) is 3.06. The summed E-state index contributed by atoms with van der Waals surface area (Å²) in [6.07, 6.45) is 3.42. The van der Waals surface area contributed by atoms with E-state index in [9.17, 15) is 9.59 Å². The molecule has 0 aliphatic carbocycles. The molecular weight excluding hydrogens is 278 g/mol. The average Bonchev–Trinajstić information content (AvgIpc) is 2.80. The second kappa shape index (κ2) is 6.13. The molecule has 0 aliphatic heterocycles. The minimum Gasteiger partial charge on any atom is -0.354 e. The van der Waals surface area contributed by atoms with Crippen LogP contribution in [-0.2, 0) is 0 Å². The fourth-order valence-electron chi connectivity index (χ4n) is 2.71. The van der Waals surface area contributed by atoms with Gasteiger partial charge in [0.1, 0.15) is 5.69 Å². The van der Waals surface area contributed by atoms with Crippen molar-refractivity contribution in [1.29, 1.82) is 0 Å². The van der Waals surface area contributed by atoms with Crippen molar-refractivity contribution in [2.24, 2.45) is 0 Å². The Balaban J connectivity index is 2.32. The fraction of sp³-hybridized carbons (Fsp3) is 0.353. The number of pyridine rings is 1. The zero-order chi connectivity index (χ0) is 16.4. The summed E-state index contributed by atoms with van der Waals surface area (Å²) in [7, 11) is 1.76. The Labute approximate surface area is 130 Å². The first-order valence-corrected chi connectivity index (χ1v) is 7.21. The van der Waals surface area contributed by atoms with Gasteiger partial charge in [-0.1, -0.05) is 0 Å². The highest BCUT2D eigenvalue weighted by atomic mass is 16.2. The van der Waals surface area contributed by atoms with E-state index < -0.39 is 0 Å². The topological polar surface area (TPSA) is 66.1 Å². The van der Waals surface area contributed by atoms with Crippen LogP contribution in [0.5, 0.6) is 0 Å². The summed E-state index contributed by atoms with van der Waals surface area (Å²) in [5, 5.41) is 0. The lowest BCUT2D eigenvalue weighted by molar-refractivity contribution is 0.0736. The number of carbonyl (C=O) groups is 2. The van der Waals surface area contributed by atoms with Crippen LogP contribution in [0.2, 0.25) is 0 Å². The number of aromatic amines is 1. The quantitative estimate of drug-likeness (QED) is 0.882. The number of carbonyl (C=O) groups excluding carboxylic acids is 2.